The van der Waals surface area contributed by atoms with Crippen LogP contribution in [0.2, 0.25) is 0 Å². The second-order valence-corrected chi connectivity index (χ2v) is 8.92. The molecular formula is C26H30N4. The standard InChI is InChI=1S/C26H30N4/c1-3-9-21-17(7-1)19-13-15-27-23(25(19)29-21)11-5-6-12-24-26-20(14-16-28-24)18-8-2-4-10-22(18)30-26/h1-4,7-10,23-24,27-30H,5-6,11-16H2. The number of para-hydroxylation sites is 2. The third kappa shape index (κ3) is 3.06. The summed E-state index contributed by atoms with van der Waals surface area (Å²) in [5.74, 6) is 0. The van der Waals surface area contributed by atoms with E-state index in [-0.39, 0.29) is 0 Å². The Kier molecular flexibility index (Phi) is 4.62. The zero-order valence-electron chi connectivity index (χ0n) is 17.4. The molecule has 2 aromatic carbocycles. The first-order chi connectivity index (χ1) is 14.9. The summed E-state index contributed by atoms with van der Waals surface area (Å²) in [6, 6.07) is 18.4. The average molecular weight is 399 g/mol. The number of H-pyrrole nitrogens is 2. The van der Waals surface area contributed by atoms with Crippen LogP contribution in [0.4, 0.5) is 0 Å². The monoisotopic (exact) mass is 398 g/mol. The number of benzene rings is 2. The van der Waals surface area contributed by atoms with Crippen LogP contribution in [-0.2, 0) is 12.8 Å². The van der Waals surface area contributed by atoms with E-state index >= 15 is 0 Å². The van der Waals surface area contributed by atoms with Crippen LogP contribution < -0.4 is 10.6 Å². The second-order valence-electron chi connectivity index (χ2n) is 8.92. The Hall–Kier alpha value is -2.56. The number of fused-ring (bicyclic) bond motifs is 6. The first kappa shape index (κ1) is 18.2. The van der Waals surface area contributed by atoms with Crippen LogP contribution in [0.5, 0.6) is 0 Å². The predicted molar refractivity (Wildman–Crippen MR) is 124 cm³/mol. The molecule has 2 unspecified atom stereocenters. The quantitative estimate of drug-likeness (QED) is 0.346. The molecule has 4 heteroatoms. The zero-order valence-corrected chi connectivity index (χ0v) is 17.4. The van der Waals surface area contributed by atoms with Gasteiger partial charge in [-0.2, -0.15) is 0 Å². The van der Waals surface area contributed by atoms with Crippen LogP contribution in [-0.4, -0.2) is 23.1 Å². The molecule has 2 aliphatic heterocycles. The summed E-state index contributed by atoms with van der Waals surface area (Å²) in [5, 5.41) is 10.3. The van der Waals surface area contributed by atoms with Gasteiger partial charge in [-0.15, -0.1) is 0 Å². The van der Waals surface area contributed by atoms with Gasteiger partial charge in [-0.3, -0.25) is 0 Å². The van der Waals surface area contributed by atoms with Crippen LogP contribution in [0.15, 0.2) is 48.5 Å². The van der Waals surface area contributed by atoms with Crippen molar-refractivity contribution in [3.05, 3.63) is 71.0 Å². The van der Waals surface area contributed by atoms with Gasteiger partial charge in [0, 0.05) is 45.3 Å². The number of rotatable bonds is 5. The van der Waals surface area contributed by atoms with Gasteiger partial charge in [0.1, 0.15) is 0 Å². The molecule has 4 aromatic rings. The van der Waals surface area contributed by atoms with Gasteiger partial charge in [0.05, 0.1) is 0 Å². The predicted octanol–water partition coefficient (Wildman–Crippen LogP) is 5.28. The van der Waals surface area contributed by atoms with E-state index in [0.29, 0.717) is 12.1 Å². The van der Waals surface area contributed by atoms with Crippen LogP contribution in [0.1, 0.15) is 60.3 Å². The van der Waals surface area contributed by atoms with E-state index < -0.39 is 0 Å². The molecule has 0 spiro atoms. The summed E-state index contributed by atoms with van der Waals surface area (Å²) < 4.78 is 0. The lowest BCUT2D eigenvalue weighted by molar-refractivity contribution is 0.413. The van der Waals surface area contributed by atoms with Gasteiger partial charge in [0.15, 0.2) is 0 Å². The topological polar surface area (TPSA) is 55.6 Å². The molecule has 30 heavy (non-hydrogen) atoms. The molecule has 154 valence electrons. The molecule has 6 rings (SSSR count). The number of aromatic amines is 2. The number of hydrogen-bond acceptors (Lipinski definition) is 2. The van der Waals surface area contributed by atoms with E-state index in [1.54, 1.807) is 0 Å². The molecule has 0 bridgehead atoms. The fourth-order valence-corrected chi connectivity index (χ4v) is 5.71. The normalized spacial score (nSPS) is 21.1. The van der Waals surface area contributed by atoms with Crippen molar-refractivity contribution >= 4 is 21.8 Å². The molecular weight excluding hydrogens is 368 g/mol. The summed E-state index contributed by atoms with van der Waals surface area (Å²) in [7, 11) is 0. The molecule has 0 saturated carbocycles. The van der Waals surface area contributed by atoms with Crippen molar-refractivity contribution in [2.24, 2.45) is 0 Å². The Bertz CT molecular complexity index is 1090. The summed E-state index contributed by atoms with van der Waals surface area (Å²) in [6.45, 7) is 2.17. The fourth-order valence-electron chi connectivity index (χ4n) is 5.71. The fraction of sp³-hybridized carbons (Fsp3) is 0.385. The number of hydrogen-bond donors (Lipinski definition) is 4. The Labute approximate surface area is 177 Å². The van der Waals surface area contributed by atoms with Crippen LogP contribution in [0, 0.1) is 0 Å². The largest absolute Gasteiger partial charge is 0.357 e. The van der Waals surface area contributed by atoms with Crippen molar-refractivity contribution in [1.29, 1.82) is 0 Å². The van der Waals surface area contributed by atoms with Crippen molar-refractivity contribution in [3.8, 4) is 0 Å². The smallest absolute Gasteiger partial charge is 0.0476 e. The van der Waals surface area contributed by atoms with Crippen molar-refractivity contribution in [1.82, 2.24) is 20.6 Å². The second kappa shape index (κ2) is 7.60. The Morgan fingerprint density at radius 1 is 0.633 bits per heavy atom. The summed E-state index contributed by atoms with van der Waals surface area (Å²) in [4.78, 5) is 7.41. The molecule has 2 atom stereocenters. The van der Waals surface area contributed by atoms with Crippen molar-refractivity contribution in [3.63, 3.8) is 0 Å². The highest BCUT2D eigenvalue weighted by Crippen LogP contribution is 2.34. The lowest BCUT2D eigenvalue weighted by Gasteiger charge is -2.26. The maximum atomic E-state index is 3.76. The molecule has 2 aliphatic rings. The number of aromatic nitrogens is 2. The minimum atomic E-state index is 0.462. The van der Waals surface area contributed by atoms with Gasteiger partial charge < -0.3 is 20.6 Å². The minimum absolute atomic E-state index is 0.462. The highest BCUT2D eigenvalue weighted by atomic mass is 15.0. The molecule has 0 amide bonds. The Morgan fingerprint density at radius 3 is 1.60 bits per heavy atom. The van der Waals surface area contributed by atoms with Gasteiger partial charge in [-0.05, 0) is 62.0 Å². The molecule has 0 aliphatic carbocycles. The average Bonchev–Trinajstić information content (AvgIpc) is 3.36. The Balaban J connectivity index is 1.12. The molecule has 4 nitrogen and oxygen atoms in total. The van der Waals surface area contributed by atoms with Gasteiger partial charge in [-0.25, -0.2) is 0 Å². The summed E-state index contributed by atoms with van der Waals surface area (Å²) >= 11 is 0. The Morgan fingerprint density at radius 2 is 1.10 bits per heavy atom. The van der Waals surface area contributed by atoms with Gasteiger partial charge in [0.2, 0.25) is 0 Å². The third-order valence-corrected chi connectivity index (χ3v) is 7.16. The number of unbranched alkanes of at least 4 members (excludes halogenated alkanes) is 1. The molecule has 4 N–H and O–H groups in total. The van der Waals surface area contributed by atoms with Crippen molar-refractivity contribution in [2.75, 3.05) is 13.1 Å². The molecule has 0 radical (unpaired) electrons. The maximum absolute atomic E-state index is 3.76. The third-order valence-electron chi connectivity index (χ3n) is 7.16. The van der Waals surface area contributed by atoms with Crippen molar-refractivity contribution in [2.45, 2.75) is 50.6 Å². The van der Waals surface area contributed by atoms with E-state index in [9.17, 15) is 0 Å². The zero-order chi connectivity index (χ0) is 19.9. The van der Waals surface area contributed by atoms with E-state index in [1.807, 2.05) is 0 Å². The molecule has 0 fully saturated rings. The first-order valence-corrected chi connectivity index (χ1v) is 11.5. The number of nitrogens with one attached hydrogen (secondary N) is 4. The highest BCUT2D eigenvalue weighted by Gasteiger charge is 2.25. The summed E-state index contributed by atoms with van der Waals surface area (Å²) in [5.41, 5.74) is 8.49. The van der Waals surface area contributed by atoms with Crippen LogP contribution in [0.25, 0.3) is 21.8 Å². The van der Waals surface area contributed by atoms with Crippen LogP contribution in [0.3, 0.4) is 0 Å². The van der Waals surface area contributed by atoms with Crippen LogP contribution >= 0.6 is 0 Å². The summed E-state index contributed by atoms with van der Waals surface area (Å²) in [6.07, 6.45) is 7.16. The van der Waals surface area contributed by atoms with E-state index in [0.717, 1.165) is 25.9 Å². The van der Waals surface area contributed by atoms with E-state index in [4.69, 9.17) is 0 Å². The molecule has 4 heterocycles. The molecule has 2 aromatic heterocycles. The minimum Gasteiger partial charge on any atom is -0.357 e. The maximum Gasteiger partial charge on any atom is 0.0476 e. The van der Waals surface area contributed by atoms with E-state index in [2.05, 4.69) is 69.1 Å². The first-order valence-electron chi connectivity index (χ1n) is 11.5. The lowest BCUT2D eigenvalue weighted by Crippen LogP contribution is -2.30. The molecule has 0 saturated heterocycles. The van der Waals surface area contributed by atoms with Gasteiger partial charge in [-0.1, -0.05) is 49.2 Å². The van der Waals surface area contributed by atoms with Crippen molar-refractivity contribution < 1.29 is 0 Å². The lowest BCUT2D eigenvalue weighted by atomic mass is 9.93. The van der Waals surface area contributed by atoms with Gasteiger partial charge in [0.25, 0.3) is 0 Å². The van der Waals surface area contributed by atoms with Gasteiger partial charge >= 0.3 is 0 Å². The highest BCUT2D eigenvalue weighted by molar-refractivity contribution is 5.85. The SMILES string of the molecule is c1ccc2c3c([nH]c2c1)C(CCCCC1NCCc2c1[nH]c1ccccc21)NCC3. The van der Waals surface area contributed by atoms with E-state index in [1.165, 1.54) is 70.0 Å².